The summed E-state index contributed by atoms with van der Waals surface area (Å²) < 4.78 is 0. The Morgan fingerprint density at radius 1 is 1.55 bits per heavy atom. The molecule has 11 heavy (non-hydrogen) atoms. The first kappa shape index (κ1) is 6.91. The van der Waals surface area contributed by atoms with Crippen molar-refractivity contribution in [3.05, 3.63) is 28.8 Å². The van der Waals surface area contributed by atoms with Crippen LogP contribution >= 0.6 is 11.6 Å². The van der Waals surface area contributed by atoms with E-state index in [4.69, 9.17) is 21.5 Å². The van der Waals surface area contributed by atoms with Gasteiger partial charge in [-0.1, -0.05) is 11.6 Å². The van der Waals surface area contributed by atoms with Gasteiger partial charge in [-0.2, -0.15) is 0 Å². The third-order valence-corrected chi connectivity index (χ3v) is 1.80. The first-order valence-electron chi connectivity index (χ1n) is 3.16. The molecule has 4 heteroatoms. The summed E-state index contributed by atoms with van der Waals surface area (Å²) >= 11 is 5.69. The zero-order valence-electron chi connectivity index (χ0n) is 5.54. The molecule has 0 radical (unpaired) electrons. The largest absolute Gasteiger partial charge is 0.362 e. The van der Waals surface area contributed by atoms with E-state index in [0.717, 1.165) is 5.69 Å². The van der Waals surface area contributed by atoms with E-state index in [2.05, 4.69) is 5.48 Å². The summed E-state index contributed by atoms with van der Waals surface area (Å²) in [5, 5.41) is 9.76. The quantitative estimate of drug-likeness (QED) is 0.624. The van der Waals surface area contributed by atoms with Crippen molar-refractivity contribution in [1.82, 2.24) is 0 Å². The third-order valence-electron chi connectivity index (χ3n) is 1.56. The maximum Gasteiger partial charge on any atom is 0.209 e. The van der Waals surface area contributed by atoms with Gasteiger partial charge in [0, 0.05) is 10.6 Å². The normalized spacial score (nSPS) is 21.1. The molecule has 1 aromatic carbocycles. The number of aliphatic hydroxyl groups excluding tert-OH is 1. The molecule has 0 fully saturated rings. The van der Waals surface area contributed by atoms with Gasteiger partial charge in [0.1, 0.15) is 0 Å². The summed E-state index contributed by atoms with van der Waals surface area (Å²) in [4.78, 5) is 4.73. The maximum absolute atomic E-state index is 9.16. The second-order valence-electron chi connectivity index (χ2n) is 2.30. The van der Waals surface area contributed by atoms with Crippen molar-refractivity contribution >= 4 is 17.3 Å². The number of fused-ring (bicyclic) bond motifs is 1. The molecule has 1 unspecified atom stereocenters. The molecule has 0 bridgehead atoms. The van der Waals surface area contributed by atoms with E-state index in [-0.39, 0.29) is 0 Å². The Morgan fingerprint density at radius 2 is 2.36 bits per heavy atom. The van der Waals surface area contributed by atoms with Gasteiger partial charge in [-0.3, -0.25) is 5.48 Å². The Hall–Kier alpha value is -0.770. The summed E-state index contributed by atoms with van der Waals surface area (Å²) in [5.74, 6) is 0. The molecule has 0 aliphatic carbocycles. The van der Waals surface area contributed by atoms with E-state index < -0.39 is 6.29 Å². The molecule has 0 aromatic heterocycles. The molecule has 0 amide bonds. The lowest BCUT2D eigenvalue weighted by Gasteiger charge is -1.98. The van der Waals surface area contributed by atoms with Crippen molar-refractivity contribution in [2.45, 2.75) is 6.29 Å². The fourth-order valence-electron chi connectivity index (χ4n) is 1.01. The van der Waals surface area contributed by atoms with Gasteiger partial charge in [0.05, 0.1) is 5.69 Å². The molecular formula is C7H6ClNO2. The van der Waals surface area contributed by atoms with Crippen molar-refractivity contribution < 1.29 is 9.94 Å². The van der Waals surface area contributed by atoms with Crippen molar-refractivity contribution in [2.75, 3.05) is 5.48 Å². The second kappa shape index (κ2) is 2.37. The van der Waals surface area contributed by atoms with Crippen LogP contribution in [0.4, 0.5) is 5.69 Å². The van der Waals surface area contributed by atoms with Gasteiger partial charge in [0.2, 0.25) is 6.29 Å². The zero-order valence-corrected chi connectivity index (χ0v) is 6.30. The zero-order chi connectivity index (χ0) is 7.84. The van der Waals surface area contributed by atoms with Crippen LogP contribution in [0.25, 0.3) is 0 Å². The predicted molar refractivity (Wildman–Crippen MR) is 41.1 cm³/mol. The number of hydrogen-bond acceptors (Lipinski definition) is 3. The molecule has 1 aromatic rings. The highest BCUT2D eigenvalue weighted by atomic mass is 35.5. The standard InChI is InChI=1S/C7H6ClNO2/c8-4-1-2-6-5(3-4)7(10)11-9-6/h1-3,7,9-10H. The van der Waals surface area contributed by atoms with E-state index in [1.165, 1.54) is 0 Å². The molecule has 0 saturated carbocycles. The Morgan fingerprint density at radius 3 is 3.18 bits per heavy atom. The van der Waals surface area contributed by atoms with Gasteiger partial charge in [-0.05, 0) is 18.2 Å². The van der Waals surface area contributed by atoms with E-state index in [1.54, 1.807) is 18.2 Å². The van der Waals surface area contributed by atoms with Crippen LogP contribution in [-0.2, 0) is 4.84 Å². The van der Waals surface area contributed by atoms with Crippen LogP contribution in [-0.4, -0.2) is 5.11 Å². The van der Waals surface area contributed by atoms with Crippen molar-refractivity contribution in [3.8, 4) is 0 Å². The Balaban J connectivity index is 2.52. The van der Waals surface area contributed by atoms with Crippen molar-refractivity contribution in [2.24, 2.45) is 0 Å². The summed E-state index contributed by atoms with van der Waals surface area (Å²) in [6, 6.07) is 5.16. The highest BCUT2D eigenvalue weighted by Crippen LogP contribution is 2.32. The number of hydrogen-bond donors (Lipinski definition) is 2. The topological polar surface area (TPSA) is 41.5 Å². The first-order chi connectivity index (χ1) is 5.27. The molecule has 2 rings (SSSR count). The number of anilines is 1. The third kappa shape index (κ3) is 1.07. The summed E-state index contributed by atoms with van der Waals surface area (Å²) in [5.41, 5.74) is 4.01. The minimum Gasteiger partial charge on any atom is -0.362 e. The highest BCUT2D eigenvalue weighted by molar-refractivity contribution is 6.30. The molecule has 1 aliphatic heterocycles. The van der Waals surface area contributed by atoms with E-state index in [1.807, 2.05) is 0 Å². The predicted octanol–water partition coefficient (Wildman–Crippen LogP) is 1.69. The Bertz CT molecular complexity index is 290. The van der Waals surface area contributed by atoms with Gasteiger partial charge in [-0.25, -0.2) is 4.84 Å². The summed E-state index contributed by atoms with van der Waals surface area (Å²) in [6.07, 6.45) is -0.899. The van der Waals surface area contributed by atoms with Crippen molar-refractivity contribution in [3.63, 3.8) is 0 Å². The van der Waals surface area contributed by atoms with Crippen LogP contribution in [0.3, 0.4) is 0 Å². The number of benzene rings is 1. The lowest BCUT2D eigenvalue weighted by Crippen LogP contribution is -1.95. The van der Waals surface area contributed by atoms with Crippen LogP contribution in [0.2, 0.25) is 5.02 Å². The molecule has 1 aliphatic rings. The van der Waals surface area contributed by atoms with E-state index >= 15 is 0 Å². The lowest BCUT2D eigenvalue weighted by atomic mass is 10.2. The Labute approximate surface area is 68.5 Å². The molecule has 1 heterocycles. The minimum atomic E-state index is -0.899. The fourth-order valence-corrected chi connectivity index (χ4v) is 1.19. The smallest absolute Gasteiger partial charge is 0.209 e. The van der Waals surface area contributed by atoms with Crippen molar-refractivity contribution in [1.29, 1.82) is 0 Å². The van der Waals surface area contributed by atoms with Crippen LogP contribution in [0.5, 0.6) is 0 Å². The summed E-state index contributed by atoms with van der Waals surface area (Å²) in [7, 11) is 0. The van der Waals surface area contributed by atoms with Crippen LogP contribution in [0.1, 0.15) is 11.9 Å². The molecule has 0 saturated heterocycles. The first-order valence-corrected chi connectivity index (χ1v) is 3.54. The van der Waals surface area contributed by atoms with Gasteiger partial charge < -0.3 is 5.11 Å². The summed E-state index contributed by atoms with van der Waals surface area (Å²) in [6.45, 7) is 0. The monoisotopic (exact) mass is 171 g/mol. The second-order valence-corrected chi connectivity index (χ2v) is 2.74. The average Bonchev–Trinajstić information content (AvgIpc) is 2.33. The molecule has 0 spiro atoms. The SMILES string of the molecule is OC1ONc2ccc(Cl)cc21. The van der Waals surface area contributed by atoms with Gasteiger partial charge in [-0.15, -0.1) is 0 Å². The highest BCUT2D eigenvalue weighted by Gasteiger charge is 2.20. The molecule has 1 atom stereocenters. The fraction of sp³-hybridized carbons (Fsp3) is 0.143. The molecular weight excluding hydrogens is 166 g/mol. The maximum atomic E-state index is 9.16. The van der Waals surface area contributed by atoms with Crippen LogP contribution < -0.4 is 5.48 Å². The lowest BCUT2D eigenvalue weighted by molar-refractivity contribution is -0.0632. The molecule has 58 valence electrons. The number of rotatable bonds is 0. The van der Waals surface area contributed by atoms with Gasteiger partial charge in [0.25, 0.3) is 0 Å². The van der Waals surface area contributed by atoms with Crippen LogP contribution in [0, 0.1) is 0 Å². The van der Waals surface area contributed by atoms with E-state index in [0.29, 0.717) is 10.6 Å². The van der Waals surface area contributed by atoms with Crippen LogP contribution in [0.15, 0.2) is 18.2 Å². The minimum absolute atomic E-state index is 0.593. The Kier molecular flexibility index (Phi) is 1.49. The number of aliphatic hydroxyl groups is 1. The molecule has 2 N–H and O–H groups in total. The van der Waals surface area contributed by atoms with E-state index in [9.17, 15) is 0 Å². The average molecular weight is 172 g/mol. The van der Waals surface area contributed by atoms with Gasteiger partial charge >= 0.3 is 0 Å². The number of nitrogens with one attached hydrogen (secondary N) is 1. The number of halogens is 1. The van der Waals surface area contributed by atoms with Gasteiger partial charge in [0.15, 0.2) is 0 Å². The molecule has 3 nitrogen and oxygen atoms in total.